The molecule has 0 bridgehead atoms. The lowest BCUT2D eigenvalue weighted by Gasteiger charge is -1.94. The van der Waals surface area contributed by atoms with E-state index in [4.69, 9.17) is 17.3 Å². The SMILES string of the molecule is Nc1ncc(Cl)c2[nH]cnc12. The van der Waals surface area contributed by atoms with Gasteiger partial charge in [-0.25, -0.2) is 9.97 Å². The van der Waals surface area contributed by atoms with Crippen molar-refractivity contribution in [3.8, 4) is 0 Å². The number of pyridine rings is 1. The quantitative estimate of drug-likeness (QED) is 0.621. The van der Waals surface area contributed by atoms with Gasteiger partial charge in [0.25, 0.3) is 0 Å². The minimum Gasteiger partial charge on any atom is -0.382 e. The molecule has 0 aliphatic rings. The second-order valence-corrected chi connectivity index (χ2v) is 2.52. The predicted octanol–water partition coefficient (Wildman–Crippen LogP) is 1.19. The zero-order valence-corrected chi connectivity index (χ0v) is 6.26. The average Bonchev–Trinajstić information content (AvgIpc) is 2.45. The van der Waals surface area contributed by atoms with Crippen LogP contribution < -0.4 is 5.73 Å². The number of anilines is 1. The molecule has 0 aromatic carbocycles. The third-order valence-corrected chi connectivity index (χ3v) is 1.72. The first-order chi connectivity index (χ1) is 5.29. The molecule has 0 saturated carbocycles. The molecule has 2 rings (SSSR count). The normalized spacial score (nSPS) is 10.6. The summed E-state index contributed by atoms with van der Waals surface area (Å²) < 4.78 is 0. The number of nitrogens with one attached hydrogen (secondary N) is 1. The van der Waals surface area contributed by atoms with Crippen LogP contribution in [0.4, 0.5) is 5.82 Å². The molecule has 0 radical (unpaired) electrons. The van der Waals surface area contributed by atoms with E-state index >= 15 is 0 Å². The molecule has 0 amide bonds. The molecule has 4 nitrogen and oxygen atoms in total. The standard InChI is InChI=1S/C6H5ClN4/c7-3-1-9-6(8)5-4(3)10-2-11-5/h1-2H,(H2,8,9)(H,10,11). The number of imidazole rings is 1. The first-order valence-corrected chi connectivity index (χ1v) is 3.40. The van der Waals surface area contributed by atoms with Crippen molar-refractivity contribution in [2.24, 2.45) is 0 Å². The summed E-state index contributed by atoms with van der Waals surface area (Å²) in [4.78, 5) is 10.7. The van der Waals surface area contributed by atoms with Gasteiger partial charge in [0.15, 0.2) is 5.82 Å². The highest BCUT2D eigenvalue weighted by molar-refractivity contribution is 6.35. The summed E-state index contributed by atoms with van der Waals surface area (Å²) in [5.41, 5.74) is 6.88. The van der Waals surface area contributed by atoms with Crippen LogP contribution >= 0.6 is 11.6 Å². The molecule has 0 unspecified atom stereocenters. The topological polar surface area (TPSA) is 67.6 Å². The van der Waals surface area contributed by atoms with Crippen molar-refractivity contribution in [2.75, 3.05) is 5.73 Å². The van der Waals surface area contributed by atoms with Crippen LogP contribution in [0.5, 0.6) is 0 Å². The van der Waals surface area contributed by atoms with Crippen LogP contribution in [-0.2, 0) is 0 Å². The molecule has 2 aromatic heterocycles. The maximum atomic E-state index is 5.78. The first-order valence-electron chi connectivity index (χ1n) is 3.02. The fourth-order valence-corrected chi connectivity index (χ4v) is 1.12. The minimum absolute atomic E-state index is 0.394. The Morgan fingerprint density at radius 2 is 2.27 bits per heavy atom. The first kappa shape index (κ1) is 6.42. The highest BCUT2D eigenvalue weighted by atomic mass is 35.5. The molecule has 0 aliphatic carbocycles. The van der Waals surface area contributed by atoms with Crippen molar-refractivity contribution in [2.45, 2.75) is 0 Å². The summed E-state index contributed by atoms with van der Waals surface area (Å²) in [6, 6.07) is 0. The van der Waals surface area contributed by atoms with Crippen LogP contribution in [-0.4, -0.2) is 15.0 Å². The van der Waals surface area contributed by atoms with Crippen molar-refractivity contribution in [1.29, 1.82) is 0 Å². The molecular formula is C6H5ClN4. The van der Waals surface area contributed by atoms with Gasteiger partial charge in [0.1, 0.15) is 5.52 Å². The lowest BCUT2D eigenvalue weighted by molar-refractivity contribution is 1.33. The summed E-state index contributed by atoms with van der Waals surface area (Å²) in [5, 5.41) is 0.534. The van der Waals surface area contributed by atoms with Crippen LogP contribution in [0.3, 0.4) is 0 Å². The Morgan fingerprint density at radius 3 is 3.00 bits per heavy atom. The van der Waals surface area contributed by atoms with E-state index in [1.807, 2.05) is 0 Å². The number of nitrogens with zero attached hydrogens (tertiary/aromatic N) is 2. The second kappa shape index (κ2) is 2.10. The van der Waals surface area contributed by atoms with Gasteiger partial charge in [-0.3, -0.25) is 0 Å². The Morgan fingerprint density at radius 1 is 1.45 bits per heavy atom. The van der Waals surface area contributed by atoms with Gasteiger partial charge in [-0.1, -0.05) is 11.6 Å². The molecule has 56 valence electrons. The lowest BCUT2D eigenvalue weighted by Crippen LogP contribution is -1.90. The van der Waals surface area contributed by atoms with E-state index in [2.05, 4.69) is 15.0 Å². The maximum Gasteiger partial charge on any atom is 0.151 e. The Bertz CT molecular complexity index is 358. The van der Waals surface area contributed by atoms with Gasteiger partial charge < -0.3 is 10.7 Å². The van der Waals surface area contributed by atoms with Crippen molar-refractivity contribution in [3.05, 3.63) is 17.5 Å². The van der Waals surface area contributed by atoms with Crippen molar-refractivity contribution < 1.29 is 0 Å². The fraction of sp³-hybridized carbons (Fsp3) is 0. The van der Waals surface area contributed by atoms with Gasteiger partial charge >= 0.3 is 0 Å². The average molecular weight is 169 g/mol. The van der Waals surface area contributed by atoms with E-state index in [1.165, 1.54) is 12.5 Å². The summed E-state index contributed by atoms with van der Waals surface area (Å²) in [5.74, 6) is 0.394. The predicted molar refractivity (Wildman–Crippen MR) is 43.3 cm³/mol. The highest BCUT2D eigenvalue weighted by Gasteiger charge is 2.04. The van der Waals surface area contributed by atoms with Crippen molar-refractivity contribution >= 4 is 28.5 Å². The molecule has 0 fully saturated rings. The molecule has 0 spiro atoms. The molecule has 0 aliphatic heterocycles. The van der Waals surface area contributed by atoms with Gasteiger partial charge in [-0.2, -0.15) is 0 Å². The smallest absolute Gasteiger partial charge is 0.151 e. The third-order valence-electron chi connectivity index (χ3n) is 1.44. The monoisotopic (exact) mass is 168 g/mol. The van der Waals surface area contributed by atoms with Gasteiger partial charge in [-0.15, -0.1) is 0 Å². The molecular weight excluding hydrogens is 164 g/mol. The maximum absolute atomic E-state index is 5.78. The minimum atomic E-state index is 0.394. The Labute approximate surface area is 67.4 Å². The molecule has 2 heterocycles. The van der Waals surface area contributed by atoms with E-state index in [0.29, 0.717) is 16.4 Å². The summed E-state index contributed by atoms with van der Waals surface area (Å²) in [6.07, 6.45) is 3.03. The largest absolute Gasteiger partial charge is 0.382 e. The van der Waals surface area contributed by atoms with Gasteiger partial charge in [0.2, 0.25) is 0 Å². The molecule has 5 heteroatoms. The fourth-order valence-electron chi connectivity index (χ4n) is 0.922. The van der Waals surface area contributed by atoms with E-state index in [0.717, 1.165) is 5.52 Å². The summed E-state index contributed by atoms with van der Waals surface area (Å²) in [6.45, 7) is 0. The second-order valence-electron chi connectivity index (χ2n) is 2.12. The van der Waals surface area contributed by atoms with Crippen LogP contribution in [0.15, 0.2) is 12.5 Å². The van der Waals surface area contributed by atoms with E-state index in [9.17, 15) is 0 Å². The molecule has 0 saturated heterocycles. The van der Waals surface area contributed by atoms with E-state index < -0.39 is 0 Å². The number of nitrogens with two attached hydrogens (primary N) is 1. The molecule has 11 heavy (non-hydrogen) atoms. The number of rotatable bonds is 0. The summed E-state index contributed by atoms with van der Waals surface area (Å²) >= 11 is 5.78. The number of nitrogen functional groups attached to an aromatic ring is 1. The number of aromatic amines is 1. The highest BCUT2D eigenvalue weighted by Crippen LogP contribution is 2.21. The van der Waals surface area contributed by atoms with E-state index in [1.54, 1.807) is 0 Å². The van der Waals surface area contributed by atoms with Crippen LogP contribution in [0, 0.1) is 0 Å². The van der Waals surface area contributed by atoms with Gasteiger partial charge in [-0.05, 0) is 0 Å². The number of halogens is 1. The zero-order valence-electron chi connectivity index (χ0n) is 5.50. The number of fused-ring (bicyclic) bond motifs is 1. The van der Waals surface area contributed by atoms with E-state index in [-0.39, 0.29) is 0 Å². The molecule has 0 atom stereocenters. The Hall–Kier alpha value is -1.29. The Kier molecular flexibility index (Phi) is 1.22. The van der Waals surface area contributed by atoms with Crippen LogP contribution in [0.25, 0.3) is 11.0 Å². The Balaban J connectivity index is 2.96. The van der Waals surface area contributed by atoms with Crippen LogP contribution in [0.2, 0.25) is 5.02 Å². The van der Waals surface area contributed by atoms with Crippen LogP contribution in [0.1, 0.15) is 0 Å². The lowest BCUT2D eigenvalue weighted by atomic mass is 10.4. The molecule has 2 aromatic rings. The third kappa shape index (κ3) is 0.832. The molecule has 3 N–H and O–H groups in total. The number of hydrogen-bond acceptors (Lipinski definition) is 3. The van der Waals surface area contributed by atoms with Crippen molar-refractivity contribution in [1.82, 2.24) is 15.0 Å². The van der Waals surface area contributed by atoms with Crippen molar-refractivity contribution in [3.63, 3.8) is 0 Å². The number of aromatic nitrogens is 3. The summed E-state index contributed by atoms with van der Waals surface area (Å²) in [7, 11) is 0. The zero-order chi connectivity index (χ0) is 7.84. The van der Waals surface area contributed by atoms with Gasteiger partial charge in [0, 0.05) is 0 Å². The number of hydrogen-bond donors (Lipinski definition) is 2. The van der Waals surface area contributed by atoms with Gasteiger partial charge in [0.05, 0.1) is 23.1 Å². The number of H-pyrrole nitrogens is 1.